The van der Waals surface area contributed by atoms with Crippen molar-refractivity contribution in [3.63, 3.8) is 0 Å². The number of hydrogen-bond donors (Lipinski definition) is 3. The molecule has 0 aliphatic rings. The van der Waals surface area contributed by atoms with Crippen LogP contribution in [0.25, 0.3) is 0 Å². The van der Waals surface area contributed by atoms with E-state index in [2.05, 4.69) is 5.32 Å². The number of hydrogen-bond acceptors (Lipinski definition) is 3. The highest BCUT2D eigenvalue weighted by atomic mass is 16.3. The second-order valence-corrected chi connectivity index (χ2v) is 3.58. The highest BCUT2D eigenvalue weighted by Gasteiger charge is 2.12. The van der Waals surface area contributed by atoms with Crippen LogP contribution in [0.5, 0.6) is 0 Å². The van der Waals surface area contributed by atoms with Gasteiger partial charge in [0.05, 0.1) is 12.2 Å². The first kappa shape index (κ1) is 12.4. The molecule has 0 aromatic rings. The molecule has 3 unspecified atom stereocenters. The van der Waals surface area contributed by atoms with Gasteiger partial charge in [-0.2, -0.15) is 0 Å². The molecule has 0 saturated heterocycles. The summed E-state index contributed by atoms with van der Waals surface area (Å²) >= 11 is 0. The Morgan fingerprint density at radius 3 is 2.23 bits per heavy atom. The maximum absolute atomic E-state index is 10.6. The van der Waals surface area contributed by atoms with E-state index in [4.69, 9.17) is 5.11 Å². The molecule has 1 amide bonds. The summed E-state index contributed by atoms with van der Waals surface area (Å²) in [6, 6.07) is -0.0498. The van der Waals surface area contributed by atoms with Crippen LogP contribution in [0.2, 0.25) is 0 Å². The summed E-state index contributed by atoms with van der Waals surface area (Å²) in [5.74, 6) is -0.100. The first-order valence-corrected chi connectivity index (χ1v) is 4.55. The standard InChI is InChI=1S/C9H19NO3/c1-6(10-8(3)12)4-9(13)5-7(2)11/h6-7,9,11,13H,4-5H2,1-3H3,(H,10,12). The van der Waals surface area contributed by atoms with Crippen LogP contribution in [0.1, 0.15) is 33.6 Å². The van der Waals surface area contributed by atoms with Crippen molar-refractivity contribution in [2.24, 2.45) is 0 Å². The van der Waals surface area contributed by atoms with Gasteiger partial charge in [-0.25, -0.2) is 0 Å². The lowest BCUT2D eigenvalue weighted by molar-refractivity contribution is -0.119. The van der Waals surface area contributed by atoms with Crippen molar-refractivity contribution >= 4 is 5.91 Å². The Morgan fingerprint density at radius 1 is 1.31 bits per heavy atom. The second kappa shape index (κ2) is 5.94. The van der Waals surface area contributed by atoms with Gasteiger partial charge in [-0.3, -0.25) is 4.79 Å². The zero-order chi connectivity index (χ0) is 10.4. The molecule has 0 rings (SSSR count). The Labute approximate surface area is 79.0 Å². The smallest absolute Gasteiger partial charge is 0.217 e. The van der Waals surface area contributed by atoms with Crippen molar-refractivity contribution in [1.82, 2.24) is 5.32 Å². The quantitative estimate of drug-likeness (QED) is 0.571. The Morgan fingerprint density at radius 2 is 1.85 bits per heavy atom. The maximum atomic E-state index is 10.6. The maximum Gasteiger partial charge on any atom is 0.217 e. The Balaban J connectivity index is 3.64. The van der Waals surface area contributed by atoms with Crippen LogP contribution >= 0.6 is 0 Å². The van der Waals surface area contributed by atoms with Gasteiger partial charge in [0.15, 0.2) is 0 Å². The summed E-state index contributed by atoms with van der Waals surface area (Å²) in [6.45, 7) is 4.90. The summed E-state index contributed by atoms with van der Waals surface area (Å²) < 4.78 is 0. The molecule has 3 atom stereocenters. The Hall–Kier alpha value is -0.610. The number of amides is 1. The molecule has 0 bridgehead atoms. The van der Waals surface area contributed by atoms with Crippen LogP contribution in [0.3, 0.4) is 0 Å². The van der Waals surface area contributed by atoms with E-state index < -0.39 is 12.2 Å². The second-order valence-electron chi connectivity index (χ2n) is 3.58. The molecule has 0 aromatic carbocycles. The van der Waals surface area contributed by atoms with Crippen molar-refractivity contribution < 1.29 is 15.0 Å². The Bertz CT molecular complexity index is 159. The van der Waals surface area contributed by atoms with E-state index in [0.717, 1.165) is 0 Å². The third-order valence-electron chi connectivity index (χ3n) is 1.69. The summed E-state index contributed by atoms with van der Waals surface area (Å²) in [7, 11) is 0. The molecule has 4 heteroatoms. The number of nitrogens with one attached hydrogen (secondary N) is 1. The number of aliphatic hydroxyl groups is 2. The summed E-state index contributed by atoms with van der Waals surface area (Å²) in [6.07, 6.45) is -0.226. The first-order valence-electron chi connectivity index (χ1n) is 4.55. The minimum atomic E-state index is -0.554. The molecule has 0 heterocycles. The predicted octanol–water partition coefficient (Wildman–Crippen LogP) is 0.0329. The van der Waals surface area contributed by atoms with Gasteiger partial charge in [-0.15, -0.1) is 0 Å². The molecule has 0 aromatic heterocycles. The summed E-state index contributed by atoms with van der Waals surface area (Å²) in [4.78, 5) is 10.6. The van der Waals surface area contributed by atoms with E-state index >= 15 is 0 Å². The van der Waals surface area contributed by atoms with Crippen molar-refractivity contribution in [2.45, 2.75) is 51.9 Å². The van der Waals surface area contributed by atoms with Gasteiger partial charge in [-0.1, -0.05) is 0 Å². The lowest BCUT2D eigenvalue weighted by atomic mass is 10.1. The minimum Gasteiger partial charge on any atom is -0.393 e. The van der Waals surface area contributed by atoms with Crippen molar-refractivity contribution in [1.29, 1.82) is 0 Å². The zero-order valence-corrected chi connectivity index (χ0v) is 8.45. The molecular formula is C9H19NO3. The molecule has 4 nitrogen and oxygen atoms in total. The van der Waals surface area contributed by atoms with Gasteiger partial charge in [0.1, 0.15) is 0 Å². The minimum absolute atomic E-state index is 0.0498. The van der Waals surface area contributed by atoms with Gasteiger partial charge in [-0.05, 0) is 26.7 Å². The number of carbonyl (C=O) groups excluding carboxylic acids is 1. The SMILES string of the molecule is CC(=O)NC(C)CC(O)CC(C)O. The average Bonchev–Trinajstić information content (AvgIpc) is 1.80. The van der Waals surface area contributed by atoms with Crippen LogP contribution < -0.4 is 5.32 Å². The van der Waals surface area contributed by atoms with Crippen molar-refractivity contribution in [3.8, 4) is 0 Å². The number of rotatable bonds is 5. The van der Waals surface area contributed by atoms with E-state index in [1.165, 1.54) is 6.92 Å². The van der Waals surface area contributed by atoms with Gasteiger partial charge in [0, 0.05) is 13.0 Å². The molecule has 3 N–H and O–H groups in total. The van der Waals surface area contributed by atoms with E-state index in [1.807, 2.05) is 6.92 Å². The predicted molar refractivity (Wildman–Crippen MR) is 50.2 cm³/mol. The molecule has 0 aliphatic heterocycles. The Kier molecular flexibility index (Phi) is 5.66. The third kappa shape index (κ3) is 7.74. The molecule has 13 heavy (non-hydrogen) atoms. The van der Waals surface area contributed by atoms with Crippen LogP contribution in [0.4, 0.5) is 0 Å². The largest absolute Gasteiger partial charge is 0.393 e. The molecule has 78 valence electrons. The van der Waals surface area contributed by atoms with E-state index in [0.29, 0.717) is 12.8 Å². The normalized spacial score (nSPS) is 17.6. The summed E-state index contributed by atoms with van der Waals surface area (Å²) in [5, 5.41) is 21.0. The van der Waals surface area contributed by atoms with Gasteiger partial charge in [0.2, 0.25) is 5.91 Å². The van der Waals surface area contributed by atoms with Crippen LogP contribution in [0, 0.1) is 0 Å². The zero-order valence-electron chi connectivity index (χ0n) is 8.45. The molecule has 0 radical (unpaired) electrons. The topological polar surface area (TPSA) is 69.6 Å². The lowest BCUT2D eigenvalue weighted by Gasteiger charge is -2.17. The molecule has 0 saturated carbocycles. The molecule has 0 aliphatic carbocycles. The van der Waals surface area contributed by atoms with E-state index in [1.54, 1.807) is 6.92 Å². The number of aliphatic hydroxyl groups excluding tert-OH is 2. The monoisotopic (exact) mass is 189 g/mol. The van der Waals surface area contributed by atoms with Gasteiger partial charge >= 0.3 is 0 Å². The molecule has 0 fully saturated rings. The van der Waals surface area contributed by atoms with Crippen LogP contribution in [0.15, 0.2) is 0 Å². The van der Waals surface area contributed by atoms with Crippen LogP contribution in [-0.4, -0.2) is 34.4 Å². The fraction of sp³-hybridized carbons (Fsp3) is 0.889. The first-order chi connectivity index (χ1) is 5.91. The highest BCUT2D eigenvalue weighted by Crippen LogP contribution is 2.04. The van der Waals surface area contributed by atoms with Crippen LogP contribution in [-0.2, 0) is 4.79 Å². The molecular weight excluding hydrogens is 170 g/mol. The average molecular weight is 189 g/mol. The van der Waals surface area contributed by atoms with Gasteiger partial charge in [0.25, 0.3) is 0 Å². The molecule has 0 spiro atoms. The van der Waals surface area contributed by atoms with Crippen molar-refractivity contribution in [2.75, 3.05) is 0 Å². The fourth-order valence-corrected chi connectivity index (χ4v) is 1.30. The van der Waals surface area contributed by atoms with Gasteiger partial charge < -0.3 is 15.5 Å². The fourth-order valence-electron chi connectivity index (χ4n) is 1.30. The van der Waals surface area contributed by atoms with E-state index in [-0.39, 0.29) is 11.9 Å². The summed E-state index contributed by atoms with van der Waals surface area (Å²) in [5.41, 5.74) is 0. The highest BCUT2D eigenvalue weighted by molar-refractivity contribution is 5.73. The lowest BCUT2D eigenvalue weighted by Crippen LogP contribution is -2.34. The third-order valence-corrected chi connectivity index (χ3v) is 1.69. The van der Waals surface area contributed by atoms with Crippen molar-refractivity contribution in [3.05, 3.63) is 0 Å². The van der Waals surface area contributed by atoms with E-state index in [9.17, 15) is 9.90 Å². The number of carbonyl (C=O) groups is 1.